The fraction of sp³-hybridized carbons (Fsp3) is 0.357. The van der Waals surface area contributed by atoms with Gasteiger partial charge in [-0.3, -0.25) is 4.79 Å². The lowest BCUT2D eigenvalue weighted by Crippen LogP contribution is -2.24. The quantitative estimate of drug-likeness (QED) is 0.857. The van der Waals surface area contributed by atoms with Crippen molar-refractivity contribution in [3.8, 4) is 0 Å². The Bertz CT molecular complexity index is 627. The number of carbonyl (C=O) groups excluding carboxylic acids is 1. The minimum absolute atomic E-state index is 0.180. The van der Waals surface area contributed by atoms with Crippen molar-refractivity contribution < 1.29 is 9.32 Å². The van der Waals surface area contributed by atoms with Crippen molar-refractivity contribution in [2.75, 3.05) is 11.9 Å². The van der Waals surface area contributed by atoms with Gasteiger partial charge in [0.1, 0.15) is 0 Å². The summed E-state index contributed by atoms with van der Waals surface area (Å²) in [5, 5.41) is 10.1. The number of nitrogens with zero attached hydrogens (tertiary/aromatic N) is 2. The number of aromatic nitrogens is 2. The van der Waals surface area contributed by atoms with Crippen LogP contribution in [-0.4, -0.2) is 22.6 Å². The van der Waals surface area contributed by atoms with Gasteiger partial charge in [0.05, 0.1) is 12.1 Å². The van der Waals surface area contributed by atoms with E-state index in [1.165, 1.54) is 0 Å². The summed E-state index contributed by atoms with van der Waals surface area (Å²) in [4.78, 5) is 16.3. The molecule has 0 saturated carbocycles. The number of carbonyl (C=O) groups is 1. The van der Waals surface area contributed by atoms with Crippen LogP contribution in [0.3, 0.4) is 0 Å². The zero-order chi connectivity index (χ0) is 15.2. The Labute approximate surface area is 127 Å². The molecule has 0 aliphatic carbocycles. The Morgan fingerprint density at radius 2 is 2.24 bits per heavy atom. The van der Waals surface area contributed by atoms with Gasteiger partial charge in [-0.05, 0) is 31.5 Å². The third-order valence-electron chi connectivity index (χ3n) is 2.76. The minimum atomic E-state index is -0.244. The zero-order valence-electron chi connectivity index (χ0n) is 11.9. The molecule has 6 nitrogen and oxygen atoms in total. The first-order valence-corrected chi connectivity index (χ1v) is 7.08. The van der Waals surface area contributed by atoms with Crippen molar-refractivity contribution in [2.24, 2.45) is 0 Å². The van der Waals surface area contributed by atoms with Gasteiger partial charge in [-0.2, -0.15) is 4.98 Å². The number of aryl methyl sites for hydroxylation is 1. The van der Waals surface area contributed by atoms with Crippen LogP contribution in [0.1, 0.15) is 35.4 Å². The molecular formula is C14H17ClN4O2. The monoisotopic (exact) mass is 308 g/mol. The van der Waals surface area contributed by atoms with Gasteiger partial charge < -0.3 is 15.2 Å². The Morgan fingerprint density at radius 3 is 2.90 bits per heavy atom. The topological polar surface area (TPSA) is 80.0 Å². The van der Waals surface area contributed by atoms with Gasteiger partial charge in [0.2, 0.25) is 5.89 Å². The first kappa shape index (κ1) is 15.3. The minimum Gasteiger partial charge on any atom is -0.384 e. The summed E-state index contributed by atoms with van der Waals surface area (Å²) >= 11 is 5.97. The van der Waals surface area contributed by atoms with E-state index >= 15 is 0 Å². The highest BCUT2D eigenvalue weighted by Gasteiger charge is 2.13. The number of anilines is 1. The van der Waals surface area contributed by atoms with Crippen LogP contribution in [0.15, 0.2) is 22.7 Å². The average molecular weight is 309 g/mol. The van der Waals surface area contributed by atoms with Gasteiger partial charge >= 0.3 is 0 Å². The van der Waals surface area contributed by atoms with Crippen molar-refractivity contribution in [3.05, 3.63) is 40.5 Å². The van der Waals surface area contributed by atoms with E-state index in [4.69, 9.17) is 16.1 Å². The number of rotatable bonds is 6. The number of benzene rings is 1. The van der Waals surface area contributed by atoms with Crippen molar-refractivity contribution in [2.45, 2.75) is 26.8 Å². The molecule has 0 radical (unpaired) electrons. The molecular weight excluding hydrogens is 292 g/mol. The maximum absolute atomic E-state index is 12.3. The molecule has 0 spiro atoms. The van der Waals surface area contributed by atoms with Crippen LogP contribution in [0.25, 0.3) is 0 Å². The maximum atomic E-state index is 12.3. The maximum Gasteiger partial charge on any atom is 0.253 e. The first-order valence-electron chi connectivity index (χ1n) is 6.71. The van der Waals surface area contributed by atoms with Crippen molar-refractivity contribution in [1.82, 2.24) is 15.5 Å². The molecule has 0 bridgehead atoms. The SMILES string of the molecule is CCCNc1ccc(Cl)cc1C(=O)NCc1nc(C)no1. The molecule has 0 aliphatic heterocycles. The molecule has 1 aromatic carbocycles. The second-order valence-corrected chi connectivity index (χ2v) is 4.97. The highest BCUT2D eigenvalue weighted by molar-refractivity contribution is 6.31. The van der Waals surface area contributed by atoms with Gasteiger partial charge in [-0.15, -0.1) is 0 Å². The number of hydrogen-bond acceptors (Lipinski definition) is 5. The Morgan fingerprint density at radius 1 is 1.43 bits per heavy atom. The predicted molar refractivity (Wildman–Crippen MR) is 80.4 cm³/mol. The average Bonchev–Trinajstić information content (AvgIpc) is 2.89. The molecule has 2 N–H and O–H groups in total. The van der Waals surface area contributed by atoms with Gasteiger partial charge in [0.25, 0.3) is 5.91 Å². The third kappa shape index (κ3) is 4.19. The first-order chi connectivity index (χ1) is 10.1. The molecule has 1 amide bonds. The summed E-state index contributed by atoms with van der Waals surface area (Å²) in [6.45, 7) is 4.74. The summed E-state index contributed by atoms with van der Waals surface area (Å²) < 4.78 is 4.95. The number of halogens is 1. The van der Waals surface area contributed by atoms with Gasteiger partial charge in [-0.1, -0.05) is 23.7 Å². The molecule has 0 unspecified atom stereocenters. The largest absolute Gasteiger partial charge is 0.384 e. The highest BCUT2D eigenvalue weighted by atomic mass is 35.5. The van der Waals surface area contributed by atoms with Crippen LogP contribution in [0.4, 0.5) is 5.69 Å². The molecule has 0 atom stereocenters. The van der Waals surface area contributed by atoms with Crippen LogP contribution in [0.2, 0.25) is 5.02 Å². The Kier molecular flexibility index (Phi) is 5.16. The van der Waals surface area contributed by atoms with Crippen LogP contribution < -0.4 is 10.6 Å². The second kappa shape index (κ2) is 7.08. The molecule has 112 valence electrons. The molecule has 21 heavy (non-hydrogen) atoms. The zero-order valence-corrected chi connectivity index (χ0v) is 12.7. The molecule has 1 heterocycles. The van der Waals surface area contributed by atoms with Crippen LogP contribution in [-0.2, 0) is 6.54 Å². The van der Waals surface area contributed by atoms with Crippen LogP contribution in [0, 0.1) is 6.92 Å². The number of amides is 1. The van der Waals surface area contributed by atoms with Gasteiger partial charge in [0.15, 0.2) is 5.82 Å². The fourth-order valence-corrected chi connectivity index (χ4v) is 1.95. The fourth-order valence-electron chi connectivity index (χ4n) is 1.78. The molecule has 0 saturated heterocycles. The molecule has 2 rings (SSSR count). The van der Waals surface area contributed by atoms with Crippen LogP contribution in [0.5, 0.6) is 0 Å². The van der Waals surface area contributed by atoms with Crippen molar-refractivity contribution in [1.29, 1.82) is 0 Å². The molecule has 0 aliphatic rings. The van der Waals surface area contributed by atoms with E-state index in [1.54, 1.807) is 25.1 Å². The van der Waals surface area contributed by atoms with Crippen LogP contribution >= 0.6 is 11.6 Å². The summed E-state index contributed by atoms with van der Waals surface area (Å²) in [5.74, 6) is 0.658. The van der Waals surface area contributed by atoms with E-state index in [1.807, 2.05) is 0 Å². The van der Waals surface area contributed by atoms with E-state index in [-0.39, 0.29) is 12.5 Å². The Hall–Kier alpha value is -2.08. The normalized spacial score (nSPS) is 10.4. The van der Waals surface area contributed by atoms with E-state index < -0.39 is 0 Å². The predicted octanol–water partition coefficient (Wildman–Crippen LogP) is 2.78. The van der Waals surface area contributed by atoms with E-state index in [0.29, 0.717) is 22.3 Å². The Balaban J connectivity index is 2.08. The van der Waals surface area contributed by atoms with E-state index in [0.717, 1.165) is 18.7 Å². The summed E-state index contributed by atoms with van der Waals surface area (Å²) in [6.07, 6.45) is 0.963. The highest BCUT2D eigenvalue weighted by Crippen LogP contribution is 2.20. The number of nitrogens with one attached hydrogen (secondary N) is 2. The summed E-state index contributed by atoms with van der Waals surface area (Å²) in [6, 6.07) is 5.18. The number of hydrogen-bond donors (Lipinski definition) is 2. The second-order valence-electron chi connectivity index (χ2n) is 4.53. The lowest BCUT2D eigenvalue weighted by Gasteiger charge is -2.11. The smallest absolute Gasteiger partial charge is 0.253 e. The molecule has 7 heteroatoms. The summed E-state index contributed by atoms with van der Waals surface area (Å²) in [5.41, 5.74) is 1.24. The molecule has 2 aromatic rings. The van der Waals surface area contributed by atoms with E-state index in [9.17, 15) is 4.79 Å². The molecule has 0 fully saturated rings. The standard InChI is InChI=1S/C14H17ClN4O2/c1-3-6-16-12-5-4-10(15)7-11(12)14(20)17-8-13-18-9(2)19-21-13/h4-5,7,16H,3,6,8H2,1-2H3,(H,17,20). The lowest BCUT2D eigenvalue weighted by molar-refractivity contribution is 0.0947. The van der Waals surface area contributed by atoms with Crippen molar-refractivity contribution in [3.63, 3.8) is 0 Å². The van der Waals surface area contributed by atoms with Gasteiger partial charge in [0, 0.05) is 17.3 Å². The molecule has 1 aromatic heterocycles. The van der Waals surface area contributed by atoms with E-state index in [2.05, 4.69) is 27.7 Å². The van der Waals surface area contributed by atoms with Crippen molar-refractivity contribution >= 4 is 23.2 Å². The summed E-state index contributed by atoms with van der Waals surface area (Å²) in [7, 11) is 0. The van der Waals surface area contributed by atoms with Gasteiger partial charge in [-0.25, -0.2) is 0 Å². The third-order valence-corrected chi connectivity index (χ3v) is 3.00. The lowest BCUT2D eigenvalue weighted by atomic mass is 10.1.